The van der Waals surface area contributed by atoms with E-state index in [-0.39, 0.29) is 52.0 Å². The molecular formula is C42H45N. The Hall–Kier alpha value is -4.10. The molecule has 0 aliphatic rings. The molecular weight excluding hydrogens is 518 g/mol. The fourth-order valence-electron chi connectivity index (χ4n) is 6.26. The summed E-state index contributed by atoms with van der Waals surface area (Å²) in [5.74, 6) is 0. The maximum Gasteiger partial charge on any atom is 0.0629 e. The molecule has 0 bridgehead atoms. The van der Waals surface area contributed by atoms with E-state index in [1.807, 2.05) is 18.2 Å². The van der Waals surface area contributed by atoms with Gasteiger partial charge in [0.1, 0.15) is 0 Å². The summed E-state index contributed by atoms with van der Waals surface area (Å²) in [6.07, 6.45) is 0. The monoisotopic (exact) mass is 568 g/mol. The van der Waals surface area contributed by atoms with E-state index in [1.165, 1.54) is 11.1 Å². The Bertz CT molecular complexity index is 2160. The molecule has 1 heteroatoms. The molecule has 1 heterocycles. The predicted octanol–water partition coefficient (Wildman–Crippen LogP) is 12.0. The topological polar surface area (TPSA) is 4.93 Å². The van der Waals surface area contributed by atoms with Crippen LogP contribution in [0.15, 0.2) is 109 Å². The summed E-state index contributed by atoms with van der Waals surface area (Å²) in [5.41, 5.74) is 9.18. The Labute approximate surface area is 265 Å². The summed E-state index contributed by atoms with van der Waals surface area (Å²) in [6, 6.07) is 26.2. The van der Waals surface area contributed by atoms with Crippen LogP contribution in [-0.4, -0.2) is 4.57 Å². The van der Waals surface area contributed by atoms with Gasteiger partial charge in [0.25, 0.3) is 0 Å². The number of aromatic nitrogens is 1. The second kappa shape index (κ2) is 10.3. The Kier molecular flexibility index (Phi) is 5.58. The molecule has 0 saturated heterocycles. The van der Waals surface area contributed by atoms with Crippen LogP contribution in [0.2, 0.25) is 0 Å². The lowest BCUT2D eigenvalue weighted by Gasteiger charge is -2.27. The van der Waals surface area contributed by atoms with E-state index in [1.54, 1.807) is 0 Å². The normalized spacial score (nSPS) is 14.4. The largest absolute Gasteiger partial charge is 0.309 e. The van der Waals surface area contributed by atoms with Crippen molar-refractivity contribution >= 4 is 21.8 Å². The Morgan fingerprint density at radius 2 is 1.12 bits per heavy atom. The van der Waals surface area contributed by atoms with Crippen LogP contribution >= 0.6 is 0 Å². The molecule has 1 nitrogen and oxygen atoms in total. The van der Waals surface area contributed by atoms with E-state index in [4.69, 9.17) is 6.85 Å². The fraction of sp³-hybridized carbons (Fsp3) is 0.286. The Balaban J connectivity index is 1.90. The molecule has 0 unspecified atom stereocenters. The first-order valence-corrected chi connectivity index (χ1v) is 15.2. The molecule has 0 radical (unpaired) electrons. The van der Waals surface area contributed by atoms with Crippen molar-refractivity contribution in [1.82, 2.24) is 4.57 Å². The number of fused-ring (bicyclic) bond motifs is 3. The van der Waals surface area contributed by atoms with Crippen molar-refractivity contribution in [3.05, 3.63) is 126 Å². The number of hydrogen-bond donors (Lipinski definition) is 0. The van der Waals surface area contributed by atoms with Crippen molar-refractivity contribution in [1.29, 1.82) is 0 Å². The minimum absolute atomic E-state index is 0.0930. The van der Waals surface area contributed by atoms with Gasteiger partial charge < -0.3 is 4.57 Å². The Morgan fingerprint density at radius 1 is 0.512 bits per heavy atom. The molecule has 0 atom stereocenters. The summed E-state index contributed by atoms with van der Waals surface area (Å²) in [4.78, 5) is 0. The van der Waals surface area contributed by atoms with Crippen molar-refractivity contribution < 1.29 is 6.85 Å². The third kappa shape index (κ3) is 5.20. The molecule has 6 rings (SSSR count). The van der Waals surface area contributed by atoms with Crippen molar-refractivity contribution in [3.63, 3.8) is 0 Å². The van der Waals surface area contributed by atoms with E-state index in [9.17, 15) is 0 Å². The molecule has 6 aromatic rings. The first-order valence-electron chi connectivity index (χ1n) is 17.7. The molecule has 0 saturated carbocycles. The molecule has 0 N–H and O–H groups in total. The summed E-state index contributed by atoms with van der Waals surface area (Å²) in [6.45, 7) is 20.1. The fourth-order valence-corrected chi connectivity index (χ4v) is 6.26. The molecule has 5 aromatic carbocycles. The minimum atomic E-state index is -0.390. The lowest BCUT2D eigenvalue weighted by Crippen LogP contribution is -2.17. The van der Waals surface area contributed by atoms with E-state index < -0.39 is 0 Å². The lowest BCUT2D eigenvalue weighted by molar-refractivity contribution is 0.568. The zero-order valence-corrected chi connectivity index (χ0v) is 27.0. The van der Waals surface area contributed by atoms with Gasteiger partial charge in [-0.2, -0.15) is 0 Å². The van der Waals surface area contributed by atoms with E-state index in [0.29, 0.717) is 5.56 Å². The number of nitrogens with zero attached hydrogens (tertiary/aromatic N) is 1. The highest BCUT2D eigenvalue weighted by Gasteiger charge is 2.28. The molecule has 1 aromatic heterocycles. The van der Waals surface area contributed by atoms with E-state index in [0.717, 1.165) is 44.2 Å². The average Bonchev–Trinajstić information content (AvgIpc) is 3.36. The maximum atomic E-state index is 8.99. The van der Waals surface area contributed by atoms with Crippen LogP contribution in [0.25, 0.3) is 49.7 Å². The average molecular weight is 569 g/mol. The smallest absolute Gasteiger partial charge is 0.0629 e. The van der Waals surface area contributed by atoms with E-state index in [2.05, 4.69) is 128 Å². The first-order chi connectivity index (χ1) is 22.3. The third-order valence-electron chi connectivity index (χ3n) is 8.47. The van der Waals surface area contributed by atoms with Crippen LogP contribution in [0, 0.1) is 0 Å². The zero-order chi connectivity index (χ0) is 35.1. The lowest BCUT2D eigenvalue weighted by atomic mass is 9.78. The van der Waals surface area contributed by atoms with Crippen molar-refractivity contribution in [2.75, 3.05) is 0 Å². The van der Waals surface area contributed by atoms with Crippen LogP contribution in [0.3, 0.4) is 0 Å². The third-order valence-corrected chi connectivity index (χ3v) is 8.47. The molecule has 43 heavy (non-hydrogen) atoms. The van der Waals surface area contributed by atoms with Gasteiger partial charge in [0.05, 0.1) is 17.9 Å². The van der Waals surface area contributed by atoms with Crippen molar-refractivity contribution in [2.45, 2.75) is 78.6 Å². The second-order valence-corrected chi connectivity index (χ2v) is 14.8. The van der Waals surface area contributed by atoms with Gasteiger partial charge in [-0.1, -0.05) is 147 Å². The molecule has 0 amide bonds. The minimum Gasteiger partial charge on any atom is -0.309 e. The molecule has 0 fully saturated rings. The van der Waals surface area contributed by atoms with Gasteiger partial charge in [0.15, 0.2) is 0 Å². The van der Waals surface area contributed by atoms with Crippen molar-refractivity contribution in [3.8, 4) is 27.9 Å². The molecule has 0 spiro atoms. The van der Waals surface area contributed by atoms with Crippen LogP contribution < -0.4 is 0 Å². The van der Waals surface area contributed by atoms with Crippen LogP contribution in [0.1, 0.15) is 85.9 Å². The number of hydrogen-bond acceptors (Lipinski definition) is 0. The number of rotatable bonds is 3. The predicted molar refractivity (Wildman–Crippen MR) is 188 cm³/mol. The Morgan fingerprint density at radius 3 is 1.70 bits per heavy atom. The van der Waals surface area contributed by atoms with Crippen LogP contribution in [-0.2, 0) is 16.2 Å². The van der Waals surface area contributed by atoms with Crippen LogP contribution in [0.4, 0.5) is 0 Å². The molecule has 218 valence electrons. The summed E-state index contributed by atoms with van der Waals surface area (Å²) < 4.78 is 45.7. The first kappa shape index (κ1) is 23.4. The van der Waals surface area contributed by atoms with Gasteiger partial charge in [-0.15, -0.1) is 0 Å². The zero-order valence-electron chi connectivity index (χ0n) is 32.0. The van der Waals surface area contributed by atoms with Gasteiger partial charge in [0, 0.05) is 16.5 Å². The van der Waals surface area contributed by atoms with E-state index >= 15 is 0 Å². The number of benzene rings is 5. The summed E-state index contributed by atoms with van der Waals surface area (Å²) >= 11 is 0. The van der Waals surface area contributed by atoms with Gasteiger partial charge in [-0.25, -0.2) is 0 Å². The van der Waals surface area contributed by atoms with Gasteiger partial charge in [-0.3, -0.25) is 0 Å². The quantitative estimate of drug-likeness (QED) is 0.200. The highest BCUT2D eigenvalue weighted by molar-refractivity contribution is 6.18. The molecule has 0 aliphatic heterocycles. The highest BCUT2D eigenvalue weighted by atomic mass is 15.0. The highest BCUT2D eigenvalue weighted by Crippen LogP contribution is 2.47. The SMILES string of the molecule is [2H]c1c([2H])c([2H])c(-c2cccc3c2c2c(C(C)(C)C)c(-c4ccccc4)ccc2n3-c2cc(C(C)(C)C)cc(C(C)(C)C)c2)c([2H])c1[2H]. The standard InChI is InChI=1S/C42H45N/c1-40(2,3)30-25-31(41(4,5)6)27-32(26-30)43-35-22-16-21-33(28-17-12-10-13-18-28)37(35)38-36(43)24-23-34(39(38)42(7,8)9)29-19-14-11-15-20-29/h10-27H,1-9H3/i10D,12D,13D,17D,18D. The summed E-state index contributed by atoms with van der Waals surface area (Å²) in [7, 11) is 0. The van der Waals surface area contributed by atoms with Crippen LogP contribution in [0.5, 0.6) is 0 Å². The van der Waals surface area contributed by atoms with Gasteiger partial charge in [0.2, 0.25) is 0 Å². The van der Waals surface area contributed by atoms with Gasteiger partial charge in [-0.05, 0) is 79.5 Å². The summed E-state index contributed by atoms with van der Waals surface area (Å²) in [5, 5.41) is 1.91. The van der Waals surface area contributed by atoms with Crippen molar-refractivity contribution in [2.24, 2.45) is 0 Å². The second-order valence-electron chi connectivity index (χ2n) is 14.8. The van der Waals surface area contributed by atoms with Gasteiger partial charge >= 0.3 is 0 Å². The maximum absolute atomic E-state index is 8.99. The molecule has 0 aliphatic carbocycles.